The number of aryl methyl sites for hydroxylation is 1. The van der Waals surface area contributed by atoms with Crippen LogP contribution in [0, 0.1) is 6.92 Å². The first-order valence-electron chi connectivity index (χ1n) is 6.65. The van der Waals surface area contributed by atoms with Gasteiger partial charge in [-0.15, -0.1) is 22.7 Å². The van der Waals surface area contributed by atoms with Crippen molar-refractivity contribution >= 4 is 44.3 Å². The summed E-state index contributed by atoms with van der Waals surface area (Å²) in [5.41, 5.74) is 3.34. The van der Waals surface area contributed by atoms with Crippen LogP contribution in [0.1, 0.15) is 22.9 Å². The van der Waals surface area contributed by atoms with E-state index in [0.717, 1.165) is 22.0 Å². The molecular formula is C16H15BrN2S2. The Morgan fingerprint density at radius 1 is 1.14 bits per heavy atom. The molecule has 3 rings (SSSR count). The number of hydrogen-bond donors (Lipinski definition) is 1. The van der Waals surface area contributed by atoms with Gasteiger partial charge in [0.15, 0.2) is 0 Å². The Balaban J connectivity index is 1.74. The van der Waals surface area contributed by atoms with Crippen molar-refractivity contribution in [2.75, 3.05) is 5.32 Å². The maximum Gasteiger partial charge on any atom is 0.0901 e. The van der Waals surface area contributed by atoms with Gasteiger partial charge in [-0.1, -0.05) is 12.1 Å². The molecule has 3 aromatic rings. The van der Waals surface area contributed by atoms with E-state index in [1.54, 1.807) is 22.7 Å². The summed E-state index contributed by atoms with van der Waals surface area (Å²) >= 11 is 7.03. The van der Waals surface area contributed by atoms with E-state index >= 15 is 0 Å². The molecule has 0 aliphatic heterocycles. The third-order valence-electron chi connectivity index (χ3n) is 3.22. The van der Waals surface area contributed by atoms with Gasteiger partial charge < -0.3 is 5.32 Å². The molecule has 1 N–H and O–H groups in total. The Labute approximate surface area is 141 Å². The van der Waals surface area contributed by atoms with Crippen molar-refractivity contribution in [3.05, 3.63) is 55.4 Å². The molecule has 0 aliphatic rings. The number of thiophene rings is 1. The van der Waals surface area contributed by atoms with Crippen molar-refractivity contribution in [3.8, 4) is 11.3 Å². The van der Waals surface area contributed by atoms with Crippen LogP contribution in [0.4, 0.5) is 5.69 Å². The summed E-state index contributed by atoms with van der Waals surface area (Å²) in [5.74, 6) is 0. The Morgan fingerprint density at radius 2 is 1.90 bits per heavy atom. The number of nitrogens with one attached hydrogen (secondary N) is 1. The number of benzene rings is 1. The molecule has 2 aromatic heterocycles. The highest BCUT2D eigenvalue weighted by molar-refractivity contribution is 9.10. The fourth-order valence-corrected chi connectivity index (χ4v) is 4.51. The van der Waals surface area contributed by atoms with Gasteiger partial charge >= 0.3 is 0 Å². The number of anilines is 1. The van der Waals surface area contributed by atoms with Crippen LogP contribution in [-0.2, 0) is 0 Å². The van der Waals surface area contributed by atoms with E-state index in [9.17, 15) is 0 Å². The zero-order valence-electron chi connectivity index (χ0n) is 11.8. The molecule has 0 amide bonds. The van der Waals surface area contributed by atoms with Crippen LogP contribution in [0.15, 0.2) is 45.6 Å². The third-order valence-corrected chi connectivity index (χ3v) is 6.05. The van der Waals surface area contributed by atoms with E-state index in [-0.39, 0.29) is 6.04 Å². The van der Waals surface area contributed by atoms with Crippen molar-refractivity contribution in [2.24, 2.45) is 0 Å². The molecule has 1 unspecified atom stereocenters. The van der Waals surface area contributed by atoms with E-state index in [4.69, 9.17) is 0 Å². The van der Waals surface area contributed by atoms with Gasteiger partial charge in [-0.05, 0) is 53.4 Å². The highest BCUT2D eigenvalue weighted by Gasteiger charge is 2.10. The second-order valence-corrected chi connectivity index (χ2v) is 7.69. The summed E-state index contributed by atoms with van der Waals surface area (Å²) < 4.78 is 1.17. The predicted octanol–water partition coefficient (Wildman–Crippen LogP) is 6.12. The molecule has 0 spiro atoms. The molecule has 1 atom stereocenters. The van der Waals surface area contributed by atoms with Gasteiger partial charge in [-0.2, -0.15) is 0 Å². The van der Waals surface area contributed by atoms with E-state index in [1.807, 2.05) is 6.92 Å². The third kappa shape index (κ3) is 3.36. The molecule has 0 bridgehead atoms. The molecule has 0 saturated carbocycles. The molecule has 2 heterocycles. The molecule has 0 saturated heterocycles. The van der Waals surface area contributed by atoms with Gasteiger partial charge in [0.1, 0.15) is 0 Å². The van der Waals surface area contributed by atoms with Gasteiger partial charge in [0, 0.05) is 26.0 Å². The van der Waals surface area contributed by atoms with Crippen molar-refractivity contribution < 1.29 is 0 Å². The monoisotopic (exact) mass is 378 g/mol. The number of thiazole rings is 1. The smallest absolute Gasteiger partial charge is 0.0901 e. The first-order chi connectivity index (χ1) is 10.1. The van der Waals surface area contributed by atoms with E-state index in [2.05, 4.69) is 74.2 Å². The fraction of sp³-hybridized carbons (Fsp3) is 0.188. The van der Waals surface area contributed by atoms with Crippen molar-refractivity contribution in [1.82, 2.24) is 4.98 Å². The van der Waals surface area contributed by atoms with Gasteiger partial charge in [0.2, 0.25) is 0 Å². The second kappa shape index (κ2) is 6.30. The zero-order chi connectivity index (χ0) is 14.8. The SMILES string of the molecule is Cc1nc(-c2ccc(NC(C)c3sccc3Br)cc2)cs1. The Bertz CT molecular complexity index is 731. The maximum atomic E-state index is 4.52. The highest BCUT2D eigenvalue weighted by Crippen LogP contribution is 2.31. The number of nitrogens with zero attached hydrogens (tertiary/aromatic N) is 1. The molecule has 5 heteroatoms. The molecule has 0 aliphatic carbocycles. The largest absolute Gasteiger partial charge is 0.378 e. The summed E-state index contributed by atoms with van der Waals surface area (Å²) in [4.78, 5) is 5.83. The summed E-state index contributed by atoms with van der Waals surface area (Å²) in [6.07, 6.45) is 0. The van der Waals surface area contributed by atoms with Gasteiger partial charge in [0.25, 0.3) is 0 Å². The minimum Gasteiger partial charge on any atom is -0.378 e. The first-order valence-corrected chi connectivity index (χ1v) is 9.20. The lowest BCUT2D eigenvalue weighted by molar-refractivity contribution is 0.903. The van der Waals surface area contributed by atoms with Gasteiger partial charge in [-0.25, -0.2) is 4.98 Å². The topological polar surface area (TPSA) is 24.9 Å². The molecule has 2 nitrogen and oxygen atoms in total. The first kappa shape index (κ1) is 14.8. The van der Waals surface area contributed by atoms with Crippen LogP contribution in [0.2, 0.25) is 0 Å². The average molecular weight is 379 g/mol. The molecule has 0 radical (unpaired) electrons. The number of hydrogen-bond acceptors (Lipinski definition) is 4. The van der Waals surface area contributed by atoms with Crippen LogP contribution >= 0.6 is 38.6 Å². The number of rotatable bonds is 4. The molecule has 0 fully saturated rings. The molecule has 1 aromatic carbocycles. The minimum atomic E-state index is 0.284. The summed E-state index contributed by atoms with van der Waals surface area (Å²) in [7, 11) is 0. The lowest BCUT2D eigenvalue weighted by Gasteiger charge is -2.14. The van der Waals surface area contributed by atoms with Gasteiger partial charge in [0.05, 0.1) is 16.7 Å². The highest BCUT2D eigenvalue weighted by atomic mass is 79.9. The fourth-order valence-electron chi connectivity index (χ4n) is 2.16. The summed E-state index contributed by atoms with van der Waals surface area (Å²) in [6.45, 7) is 4.21. The Kier molecular flexibility index (Phi) is 4.42. The van der Waals surface area contributed by atoms with E-state index in [1.165, 1.54) is 9.35 Å². The normalized spacial score (nSPS) is 12.3. The van der Waals surface area contributed by atoms with Crippen LogP contribution in [0.3, 0.4) is 0 Å². The number of aromatic nitrogens is 1. The standard InChI is InChI=1S/C16H15BrN2S2/c1-10(16-14(17)7-8-20-16)18-13-5-3-12(4-6-13)15-9-21-11(2)19-15/h3-10,18H,1-2H3. The summed E-state index contributed by atoms with van der Waals surface area (Å²) in [5, 5.41) is 8.83. The van der Waals surface area contributed by atoms with Crippen molar-refractivity contribution in [3.63, 3.8) is 0 Å². The van der Waals surface area contributed by atoms with E-state index in [0.29, 0.717) is 0 Å². The van der Waals surface area contributed by atoms with Crippen molar-refractivity contribution in [2.45, 2.75) is 19.9 Å². The Hall–Kier alpha value is -1.17. The quantitative estimate of drug-likeness (QED) is 0.591. The maximum absolute atomic E-state index is 4.52. The molecule has 21 heavy (non-hydrogen) atoms. The van der Waals surface area contributed by atoms with Gasteiger partial charge in [-0.3, -0.25) is 0 Å². The lowest BCUT2D eigenvalue weighted by atomic mass is 10.1. The van der Waals surface area contributed by atoms with Crippen LogP contribution < -0.4 is 5.32 Å². The lowest BCUT2D eigenvalue weighted by Crippen LogP contribution is -2.05. The Morgan fingerprint density at radius 3 is 2.48 bits per heavy atom. The second-order valence-electron chi connectivity index (χ2n) is 4.83. The van der Waals surface area contributed by atoms with E-state index < -0.39 is 0 Å². The predicted molar refractivity (Wildman–Crippen MR) is 96.3 cm³/mol. The van der Waals surface area contributed by atoms with Crippen LogP contribution in [-0.4, -0.2) is 4.98 Å². The van der Waals surface area contributed by atoms with Crippen LogP contribution in [0.5, 0.6) is 0 Å². The average Bonchev–Trinajstić information content (AvgIpc) is 3.08. The van der Waals surface area contributed by atoms with Crippen molar-refractivity contribution in [1.29, 1.82) is 0 Å². The minimum absolute atomic E-state index is 0.284. The molecule has 108 valence electrons. The summed E-state index contributed by atoms with van der Waals surface area (Å²) in [6, 6.07) is 10.8. The van der Waals surface area contributed by atoms with Crippen LogP contribution in [0.25, 0.3) is 11.3 Å². The number of halogens is 1. The zero-order valence-corrected chi connectivity index (χ0v) is 15.0. The molecular weight excluding hydrogens is 364 g/mol.